The Hall–Kier alpha value is -2.64. The van der Waals surface area contributed by atoms with Crippen LogP contribution in [0.4, 0.5) is 10.5 Å². The summed E-state index contributed by atoms with van der Waals surface area (Å²) in [6.45, 7) is 5.87. The van der Waals surface area contributed by atoms with Gasteiger partial charge >= 0.3 is 6.09 Å². The van der Waals surface area contributed by atoms with Crippen molar-refractivity contribution in [1.29, 1.82) is 0 Å². The summed E-state index contributed by atoms with van der Waals surface area (Å²) in [4.78, 5) is 25.9. The zero-order chi connectivity index (χ0) is 16.6. The van der Waals surface area contributed by atoms with Crippen molar-refractivity contribution in [1.82, 2.24) is 15.2 Å². The highest BCUT2D eigenvalue weighted by Gasteiger charge is 2.40. The van der Waals surface area contributed by atoms with Crippen LogP contribution in [0.5, 0.6) is 0 Å². The number of hydrogen-bond acceptors (Lipinski definition) is 6. The minimum absolute atomic E-state index is 0.280. The van der Waals surface area contributed by atoms with Crippen LogP contribution in [0, 0.1) is 0 Å². The molecule has 122 valence electrons. The molecule has 2 amide bonds. The molecule has 2 heterocycles. The molecule has 8 heteroatoms. The minimum Gasteiger partial charge on any atom is -0.444 e. The molecule has 0 saturated carbocycles. The molecule has 8 nitrogen and oxygen atoms in total. The van der Waals surface area contributed by atoms with Crippen LogP contribution in [-0.2, 0) is 9.53 Å². The van der Waals surface area contributed by atoms with E-state index in [0.29, 0.717) is 29.7 Å². The maximum Gasteiger partial charge on any atom is 0.410 e. The topological polar surface area (TPSA) is 97.6 Å². The summed E-state index contributed by atoms with van der Waals surface area (Å²) in [6.07, 6.45) is 0.114. The highest BCUT2D eigenvalue weighted by molar-refractivity contribution is 6.02. The van der Waals surface area contributed by atoms with E-state index in [1.807, 2.05) is 0 Å². The van der Waals surface area contributed by atoms with E-state index in [0.717, 1.165) is 0 Å². The lowest BCUT2D eigenvalue weighted by molar-refractivity contribution is -0.125. The van der Waals surface area contributed by atoms with Crippen molar-refractivity contribution in [3.63, 3.8) is 0 Å². The molecule has 0 unspecified atom stereocenters. The maximum atomic E-state index is 12.4. The number of benzene rings is 1. The molecule has 1 aliphatic heterocycles. The van der Waals surface area contributed by atoms with Crippen LogP contribution in [0.25, 0.3) is 11.0 Å². The Kier molecular flexibility index (Phi) is 3.67. The van der Waals surface area contributed by atoms with Gasteiger partial charge in [-0.25, -0.2) is 9.42 Å². The molecule has 2 aromatic rings. The van der Waals surface area contributed by atoms with Crippen LogP contribution in [-0.4, -0.2) is 45.4 Å². The predicted molar refractivity (Wildman–Crippen MR) is 81.8 cm³/mol. The van der Waals surface area contributed by atoms with E-state index in [-0.39, 0.29) is 5.91 Å². The van der Waals surface area contributed by atoms with Gasteiger partial charge in [-0.3, -0.25) is 9.69 Å². The molecule has 1 saturated heterocycles. The lowest BCUT2D eigenvalue weighted by Gasteiger charge is -2.40. The predicted octanol–water partition coefficient (Wildman–Crippen LogP) is 2.17. The van der Waals surface area contributed by atoms with Gasteiger partial charge in [0.2, 0.25) is 5.91 Å². The maximum absolute atomic E-state index is 12.4. The third kappa shape index (κ3) is 3.10. The Morgan fingerprint density at radius 1 is 1.35 bits per heavy atom. The van der Waals surface area contributed by atoms with Gasteiger partial charge in [-0.2, -0.15) is 0 Å². The molecule has 0 spiro atoms. The van der Waals surface area contributed by atoms with E-state index in [9.17, 15) is 9.59 Å². The first-order chi connectivity index (χ1) is 10.8. The van der Waals surface area contributed by atoms with Gasteiger partial charge in [0.15, 0.2) is 5.52 Å². The largest absolute Gasteiger partial charge is 0.444 e. The highest BCUT2D eigenvalue weighted by Crippen LogP contribution is 2.25. The molecular weight excluding hydrogens is 300 g/mol. The van der Waals surface area contributed by atoms with Crippen LogP contribution in [0.2, 0.25) is 0 Å². The zero-order valence-corrected chi connectivity index (χ0v) is 13.2. The van der Waals surface area contributed by atoms with Crippen molar-refractivity contribution in [3.8, 4) is 0 Å². The second-order valence-electron chi connectivity index (χ2n) is 6.40. The summed E-state index contributed by atoms with van der Waals surface area (Å²) in [6, 6.07) is 4.65. The van der Waals surface area contributed by atoms with E-state index in [4.69, 9.17) is 4.74 Å². The Labute approximate surface area is 132 Å². The van der Waals surface area contributed by atoms with Gasteiger partial charge in [0.1, 0.15) is 17.2 Å². The smallest absolute Gasteiger partial charge is 0.410 e. The summed E-state index contributed by atoms with van der Waals surface area (Å²) in [7, 11) is 0. The summed E-state index contributed by atoms with van der Waals surface area (Å²) in [5.74, 6) is -0.280. The Morgan fingerprint density at radius 2 is 2.13 bits per heavy atom. The lowest BCUT2D eigenvalue weighted by atomic mass is 10.0. The molecular formula is C15H18N4O4. The monoisotopic (exact) mass is 318 g/mol. The Bertz CT molecular complexity index is 749. The molecule has 0 aliphatic carbocycles. The van der Waals surface area contributed by atoms with Crippen molar-refractivity contribution < 1.29 is 19.0 Å². The van der Waals surface area contributed by atoms with Crippen molar-refractivity contribution in [2.75, 3.05) is 11.9 Å². The molecule has 1 fully saturated rings. The molecule has 0 bridgehead atoms. The summed E-state index contributed by atoms with van der Waals surface area (Å²) in [5.41, 5.74) is 0.945. The third-order valence-corrected chi connectivity index (χ3v) is 3.49. The first kappa shape index (κ1) is 15.3. The number of hydrogen-bond donors (Lipinski definition) is 1. The van der Waals surface area contributed by atoms with Gasteiger partial charge in [-0.05, 0) is 49.6 Å². The lowest BCUT2D eigenvalue weighted by Crippen LogP contribution is -2.57. The third-order valence-electron chi connectivity index (χ3n) is 3.49. The molecule has 23 heavy (non-hydrogen) atoms. The number of anilines is 1. The number of amides is 2. The van der Waals surface area contributed by atoms with Crippen LogP contribution in [0.1, 0.15) is 27.2 Å². The molecule has 1 N–H and O–H groups in total. The quantitative estimate of drug-likeness (QED) is 0.911. The fraction of sp³-hybridized carbons (Fsp3) is 0.467. The van der Waals surface area contributed by atoms with Crippen molar-refractivity contribution in [2.24, 2.45) is 0 Å². The van der Waals surface area contributed by atoms with Crippen LogP contribution in [0.15, 0.2) is 22.8 Å². The van der Waals surface area contributed by atoms with E-state index < -0.39 is 17.7 Å². The van der Waals surface area contributed by atoms with E-state index in [1.165, 1.54) is 4.90 Å². The van der Waals surface area contributed by atoms with Crippen molar-refractivity contribution >= 4 is 28.7 Å². The van der Waals surface area contributed by atoms with E-state index in [2.05, 4.69) is 20.3 Å². The van der Waals surface area contributed by atoms with Gasteiger partial charge in [-0.1, -0.05) is 6.07 Å². The van der Waals surface area contributed by atoms with E-state index >= 15 is 0 Å². The van der Waals surface area contributed by atoms with Gasteiger partial charge in [0, 0.05) is 6.54 Å². The fourth-order valence-electron chi connectivity index (χ4n) is 2.32. The SMILES string of the molecule is CC(C)(C)OC(=O)N1CC[C@@H]1C(=O)Nc1cccc2nonc12. The Balaban J connectivity index is 1.69. The van der Waals surface area contributed by atoms with Crippen LogP contribution < -0.4 is 5.32 Å². The number of ether oxygens (including phenoxy) is 1. The van der Waals surface area contributed by atoms with Crippen molar-refractivity contribution in [3.05, 3.63) is 18.2 Å². The van der Waals surface area contributed by atoms with Gasteiger partial charge in [0.05, 0.1) is 5.69 Å². The number of carbonyl (C=O) groups excluding carboxylic acids is 2. The summed E-state index contributed by atoms with van der Waals surface area (Å²) < 4.78 is 9.97. The number of aromatic nitrogens is 2. The fourth-order valence-corrected chi connectivity index (χ4v) is 2.32. The van der Waals surface area contributed by atoms with Gasteiger partial charge in [0.25, 0.3) is 0 Å². The zero-order valence-electron chi connectivity index (χ0n) is 13.2. The molecule has 1 aromatic heterocycles. The van der Waals surface area contributed by atoms with Crippen LogP contribution in [0.3, 0.4) is 0 Å². The molecule has 0 radical (unpaired) electrons. The van der Waals surface area contributed by atoms with Crippen molar-refractivity contribution in [2.45, 2.75) is 38.8 Å². The first-order valence-electron chi connectivity index (χ1n) is 7.37. The number of nitrogens with zero attached hydrogens (tertiary/aromatic N) is 3. The molecule has 1 aromatic carbocycles. The first-order valence-corrected chi connectivity index (χ1v) is 7.37. The molecule has 1 atom stereocenters. The number of fused-ring (bicyclic) bond motifs is 1. The Morgan fingerprint density at radius 3 is 2.78 bits per heavy atom. The second-order valence-corrected chi connectivity index (χ2v) is 6.40. The average molecular weight is 318 g/mol. The normalized spacial score (nSPS) is 17.7. The number of rotatable bonds is 2. The summed E-state index contributed by atoms with van der Waals surface area (Å²) >= 11 is 0. The average Bonchev–Trinajstić information content (AvgIpc) is 2.84. The van der Waals surface area contributed by atoms with Gasteiger partial charge < -0.3 is 10.1 Å². The number of likely N-dealkylation sites (tertiary alicyclic amines) is 1. The minimum atomic E-state index is -0.592. The standard InChI is InChI=1S/C15H18N4O4/c1-15(2,3)22-14(21)19-8-7-11(19)13(20)16-9-5-4-6-10-12(9)18-23-17-10/h4-6,11H,7-8H2,1-3H3,(H,16,20)/t11-/m1/s1. The van der Waals surface area contributed by atoms with Crippen LogP contribution >= 0.6 is 0 Å². The number of nitrogens with one attached hydrogen (secondary N) is 1. The molecule has 1 aliphatic rings. The second kappa shape index (κ2) is 5.53. The number of carbonyl (C=O) groups is 2. The highest BCUT2D eigenvalue weighted by atomic mass is 16.6. The van der Waals surface area contributed by atoms with Gasteiger partial charge in [-0.15, -0.1) is 0 Å². The van der Waals surface area contributed by atoms with E-state index in [1.54, 1.807) is 39.0 Å². The molecule has 3 rings (SSSR count). The summed E-state index contributed by atoms with van der Waals surface area (Å²) in [5, 5.41) is 10.3.